The summed E-state index contributed by atoms with van der Waals surface area (Å²) in [5.74, 6) is -0.311. The molecule has 0 saturated carbocycles. The van der Waals surface area contributed by atoms with Gasteiger partial charge in [0.1, 0.15) is 0 Å². The van der Waals surface area contributed by atoms with E-state index in [1.54, 1.807) is 41.0 Å². The third kappa shape index (κ3) is 6.11. The Morgan fingerprint density at radius 1 is 1.00 bits per heavy atom. The molecular formula is C22H25N3O4S2. The molecule has 1 amide bonds. The van der Waals surface area contributed by atoms with Crippen LogP contribution in [0.1, 0.15) is 25.7 Å². The van der Waals surface area contributed by atoms with Crippen molar-refractivity contribution in [1.29, 1.82) is 0 Å². The third-order valence-corrected chi connectivity index (χ3v) is 7.02. The van der Waals surface area contributed by atoms with Crippen LogP contribution in [-0.4, -0.2) is 36.2 Å². The highest BCUT2D eigenvalue weighted by atomic mass is 32.2. The maximum Gasteiger partial charge on any atom is 0.262 e. The lowest BCUT2D eigenvalue weighted by Gasteiger charge is -2.08. The van der Waals surface area contributed by atoms with Crippen LogP contribution in [0.4, 0.5) is 0 Å². The molecule has 0 bridgehead atoms. The zero-order valence-electron chi connectivity index (χ0n) is 17.0. The second kappa shape index (κ2) is 10.5. The van der Waals surface area contributed by atoms with Crippen molar-refractivity contribution in [3.63, 3.8) is 0 Å². The molecule has 0 saturated heterocycles. The number of sulfone groups is 1. The molecule has 7 nitrogen and oxygen atoms in total. The minimum atomic E-state index is -3.40. The Bertz CT molecular complexity index is 1270. The first-order chi connectivity index (χ1) is 14.9. The molecule has 2 aromatic carbocycles. The Hall–Kier alpha value is -2.78. The minimum Gasteiger partial charge on any atom is -0.355 e. The maximum absolute atomic E-state index is 12.6. The molecule has 9 heteroatoms. The second-order valence-electron chi connectivity index (χ2n) is 7.23. The standard InChI is InChI=1S/C22H25N3O4S2/c26-20(23-14-16-31(28,29)17-9-3-1-4-10-17)13-5-2-8-15-25-21(27)18-11-6-7-12-19(18)24-22(25)30/h1,3-4,6-7,9-12H,2,5,8,13-16H2,(H,23,26)(H,24,30). The number of hydrogen-bond acceptors (Lipinski definition) is 5. The smallest absolute Gasteiger partial charge is 0.262 e. The van der Waals surface area contributed by atoms with Crippen LogP contribution < -0.4 is 10.9 Å². The van der Waals surface area contributed by atoms with Crippen molar-refractivity contribution in [2.24, 2.45) is 0 Å². The number of hydrogen-bond donors (Lipinski definition) is 2. The lowest BCUT2D eigenvalue weighted by Crippen LogP contribution is -2.28. The van der Waals surface area contributed by atoms with Crippen LogP contribution in [0.15, 0.2) is 64.3 Å². The topological polar surface area (TPSA) is 101 Å². The summed E-state index contributed by atoms with van der Waals surface area (Å²) in [5, 5.41) is 3.26. The van der Waals surface area contributed by atoms with Crippen molar-refractivity contribution in [3.05, 3.63) is 69.7 Å². The molecule has 1 aromatic heterocycles. The Labute approximate surface area is 186 Å². The molecule has 2 N–H and O–H groups in total. The van der Waals surface area contributed by atoms with E-state index in [-0.39, 0.29) is 28.7 Å². The number of unbranched alkanes of at least 4 members (excludes halogenated alkanes) is 2. The highest BCUT2D eigenvalue weighted by Gasteiger charge is 2.14. The number of H-pyrrole nitrogens is 1. The summed E-state index contributed by atoms with van der Waals surface area (Å²) in [6.45, 7) is 0.563. The summed E-state index contributed by atoms with van der Waals surface area (Å²) in [5.41, 5.74) is 0.608. The summed E-state index contributed by atoms with van der Waals surface area (Å²) in [7, 11) is -3.40. The highest BCUT2D eigenvalue weighted by molar-refractivity contribution is 7.91. The first-order valence-corrected chi connectivity index (χ1v) is 12.2. The van der Waals surface area contributed by atoms with Gasteiger partial charge >= 0.3 is 0 Å². The average Bonchev–Trinajstić information content (AvgIpc) is 2.76. The summed E-state index contributed by atoms with van der Waals surface area (Å²) in [6, 6.07) is 15.4. The Balaban J connectivity index is 1.39. The van der Waals surface area contributed by atoms with Gasteiger partial charge in [-0.15, -0.1) is 0 Å². The average molecular weight is 460 g/mol. The van der Waals surface area contributed by atoms with Crippen molar-refractivity contribution < 1.29 is 13.2 Å². The first-order valence-electron chi connectivity index (χ1n) is 10.1. The molecular weight excluding hydrogens is 434 g/mol. The van der Waals surface area contributed by atoms with Crippen LogP contribution >= 0.6 is 12.2 Å². The normalized spacial score (nSPS) is 11.5. The predicted molar refractivity (Wildman–Crippen MR) is 123 cm³/mol. The molecule has 3 aromatic rings. The van der Waals surface area contributed by atoms with Gasteiger partial charge in [0.25, 0.3) is 5.56 Å². The third-order valence-electron chi connectivity index (χ3n) is 4.97. The lowest BCUT2D eigenvalue weighted by molar-refractivity contribution is -0.121. The van der Waals surface area contributed by atoms with E-state index in [2.05, 4.69) is 10.3 Å². The van der Waals surface area contributed by atoms with E-state index in [9.17, 15) is 18.0 Å². The van der Waals surface area contributed by atoms with Gasteiger partial charge in [-0.3, -0.25) is 14.2 Å². The van der Waals surface area contributed by atoms with Crippen LogP contribution in [0.3, 0.4) is 0 Å². The number of para-hydroxylation sites is 1. The highest BCUT2D eigenvalue weighted by Crippen LogP contribution is 2.10. The number of aromatic nitrogens is 2. The molecule has 3 rings (SSSR count). The van der Waals surface area contributed by atoms with Crippen molar-refractivity contribution in [2.45, 2.75) is 37.1 Å². The van der Waals surface area contributed by atoms with E-state index < -0.39 is 9.84 Å². The minimum absolute atomic E-state index is 0.0810. The monoisotopic (exact) mass is 459 g/mol. The van der Waals surface area contributed by atoms with Gasteiger partial charge in [0.15, 0.2) is 14.6 Å². The largest absolute Gasteiger partial charge is 0.355 e. The van der Waals surface area contributed by atoms with E-state index in [0.29, 0.717) is 36.0 Å². The first kappa shape index (κ1) is 22.9. The maximum atomic E-state index is 12.6. The van der Waals surface area contributed by atoms with Gasteiger partial charge in [-0.2, -0.15) is 0 Å². The molecule has 0 spiro atoms. The van der Waals surface area contributed by atoms with Crippen molar-refractivity contribution in [2.75, 3.05) is 12.3 Å². The number of rotatable bonds is 10. The van der Waals surface area contributed by atoms with Crippen molar-refractivity contribution >= 4 is 38.9 Å². The van der Waals surface area contributed by atoms with E-state index in [1.165, 1.54) is 0 Å². The molecule has 164 valence electrons. The van der Waals surface area contributed by atoms with E-state index in [0.717, 1.165) is 11.9 Å². The van der Waals surface area contributed by atoms with Crippen molar-refractivity contribution in [3.8, 4) is 0 Å². The fourth-order valence-corrected chi connectivity index (χ4v) is 4.76. The molecule has 0 radical (unpaired) electrons. The number of benzene rings is 2. The van der Waals surface area contributed by atoms with Crippen molar-refractivity contribution in [1.82, 2.24) is 14.9 Å². The number of carbonyl (C=O) groups excluding carboxylic acids is 1. The zero-order valence-corrected chi connectivity index (χ0v) is 18.7. The number of fused-ring (bicyclic) bond motifs is 1. The van der Waals surface area contributed by atoms with Gasteiger partial charge < -0.3 is 10.3 Å². The summed E-state index contributed by atoms with van der Waals surface area (Å²) < 4.78 is 26.3. The molecule has 0 atom stereocenters. The SMILES string of the molecule is O=C(CCCCCn1c(=S)[nH]c2ccccc2c1=O)NCCS(=O)(=O)c1ccccc1. The Morgan fingerprint density at radius 3 is 2.48 bits per heavy atom. The predicted octanol–water partition coefficient (Wildman–Crippen LogP) is 3.21. The number of nitrogens with zero attached hydrogens (tertiary/aromatic N) is 1. The fourth-order valence-electron chi connectivity index (χ4n) is 3.29. The molecule has 0 aliphatic rings. The Morgan fingerprint density at radius 2 is 1.71 bits per heavy atom. The molecule has 0 aliphatic carbocycles. The Kier molecular flexibility index (Phi) is 7.75. The van der Waals surface area contributed by atoms with Crippen LogP contribution in [0.5, 0.6) is 0 Å². The molecule has 31 heavy (non-hydrogen) atoms. The quantitative estimate of drug-likeness (QED) is 0.358. The summed E-state index contributed by atoms with van der Waals surface area (Å²) in [4.78, 5) is 27.9. The van der Waals surface area contributed by atoms with Gasteiger partial charge in [-0.05, 0) is 49.3 Å². The van der Waals surface area contributed by atoms with Gasteiger partial charge in [0, 0.05) is 19.5 Å². The molecule has 0 aliphatic heterocycles. The van der Waals surface area contributed by atoms with Crippen LogP contribution in [-0.2, 0) is 21.2 Å². The van der Waals surface area contributed by atoms with Gasteiger partial charge in [-0.1, -0.05) is 36.8 Å². The summed E-state index contributed by atoms with van der Waals surface area (Å²) >= 11 is 5.29. The van der Waals surface area contributed by atoms with Crippen LogP contribution in [0.25, 0.3) is 10.9 Å². The lowest BCUT2D eigenvalue weighted by atomic mass is 10.2. The van der Waals surface area contributed by atoms with E-state index in [1.807, 2.05) is 18.2 Å². The van der Waals surface area contributed by atoms with Gasteiger partial charge in [0.2, 0.25) is 5.91 Å². The number of amides is 1. The number of aromatic amines is 1. The van der Waals surface area contributed by atoms with Crippen LogP contribution in [0.2, 0.25) is 0 Å². The number of carbonyl (C=O) groups is 1. The van der Waals surface area contributed by atoms with E-state index in [4.69, 9.17) is 12.2 Å². The molecule has 0 unspecified atom stereocenters. The van der Waals surface area contributed by atoms with E-state index >= 15 is 0 Å². The fraction of sp³-hybridized carbons (Fsp3) is 0.318. The van der Waals surface area contributed by atoms with Gasteiger partial charge in [-0.25, -0.2) is 8.42 Å². The summed E-state index contributed by atoms with van der Waals surface area (Å²) in [6.07, 6.45) is 2.43. The molecule has 1 heterocycles. The van der Waals surface area contributed by atoms with Gasteiger partial charge in [0.05, 0.1) is 21.6 Å². The second-order valence-corrected chi connectivity index (χ2v) is 9.72. The zero-order chi connectivity index (χ0) is 22.3. The number of nitrogens with one attached hydrogen (secondary N) is 2. The van der Waals surface area contributed by atoms with Crippen LogP contribution in [0, 0.1) is 4.77 Å². The molecule has 0 fully saturated rings.